The molecule has 8 heteroatoms. The van der Waals surface area contributed by atoms with Crippen molar-refractivity contribution in [2.24, 2.45) is 0 Å². The molecule has 27 heavy (non-hydrogen) atoms. The Bertz CT molecular complexity index is 795. The first-order chi connectivity index (χ1) is 13.0. The number of nitrogens with one attached hydrogen (secondary N) is 1. The van der Waals surface area contributed by atoms with Crippen molar-refractivity contribution in [2.75, 3.05) is 19.5 Å². The number of aryl methyl sites for hydroxylation is 2. The van der Waals surface area contributed by atoms with Crippen molar-refractivity contribution in [2.45, 2.75) is 32.1 Å². The van der Waals surface area contributed by atoms with Crippen molar-refractivity contribution in [3.63, 3.8) is 0 Å². The van der Waals surface area contributed by atoms with Crippen molar-refractivity contribution in [3.8, 4) is 11.5 Å². The molecule has 0 aliphatic carbocycles. The van der Waals surface area contributed by atoms with Gasteiger partial charge in [0.25, 0.3) is 0 Å². The van der Waals surface area contributed by atoms with Gasteiger partial charge in [-0.2, -0.15) is 0 Å². The number of carboxylic acids is 1. The van der Waals surface area contributed by atoms with Crippen LogP contribution in [0.1, 0.15) is 30.5 Å². The lowest BCUT2D eigenvalue weighted by molar-refractivity contribution is -0.138. The number of anilines is 1. The van der Waals surface area contributed by atoms with Gasteiger partial charge in [-0.3, -0.25) is 14.6 Å². The second-order valence-electron chi connectivity index (χ2n) is 5.88. The third-order valence-electron chi connectivity index (χ3n) is 3.86. The number of benzene rings is 1. The summed E-state index contributed by atoms with van der Waals surface area (Å²) in [6, 6.07) is 5.82. The van der Waals surface area contributed by atoms with Gasteiger partial charge in [-0.15, -0.1) is 0 Å². The number of carbonyl (C=O) groups is 2. The van der Waals surface area contributed by atoms with Gasteiger partial charge in [0.15, 0.2) is 17.3 Å². The van der Waals surface area contributed by atoms with Crippen LogP contribution in [0.25, 0.3) is 0 Å². The second kappa shape index (κ2) is 10.1. The van der Waals surface area contributed by atoms with Crippen LogP contribution in [0.15, 0.2) is 30.6 Å². The predicted octanol–water partition coefficient (Wildman–Crippen LogP) is 2.47. The number of rotatable bonds is 10. The van der Waals surface area contributed by atoms with Crippen LogP contribution < -0.4 is 14.8 Å². The molecule has 1 heterocycles. The molecule has 8 nitrogen and oxygen atoms in total. The third-order valence-corrected chi connectivity index (χ3v) is 3.86. The zero-order chi connectivity index (χ0) is 19.6. The molecule has 1 aromatic carbocycles. The van der Waals surface area contributed by atoms with Gasteiger partial charge in [0.05, 0.1) is 32.5 Å². The molecule has 2 N–H and O–H groups in total. The zero-order valence-electron chi connectivity index (χ0n) is 15.4. The summed E-state index contributed by atoms with van der Waals surface area (Å²) in [5, 5.41) is 11.2. The summed E-state index contributed by atoms with van der Waals surface area (Å²) in [5.41, 5.74) is 1.88. The maximum absolute atomic E-state index is 11.7. The first kappa shape index (κ1) is 20.2. The van der Waals surface area contributed by atoms with Crippen LogP contribution in [0.3, 0.4) is 0 Å². The predicted molar refractivity (Wildman–Crippen MR) is 99.1 cm³/mol. The number of carboxylic acid groups (broad SMARTS) is 1. The van der Waals surface area contributed by atoms with Gasteiger partial charge in [-0.25, -0.2) is 4.98 Å². The van der Waals surface area contributed by atoms with Gasteiger partial charge in [-0.05, 0) is 37.0 Å². The highest BCUT2D eigenvalue weighted by molar-refractivity contribution is 5.91. The Morgan fingerprint density at radius 3 is 2.56 bits per heavy atom. The number of carbonyl (C=O) groups excluding carboxylic acids is 1. The van der Waals surface area contributed by atoms with Gasteiger partial charge < -0.3 is 19.9 Å². The lowest BCUT2D eigenvalue weighted by Gasteiger charge is -2.09. The van der Waals surface area contributed by atoms with Crippen LogP contribution >= 0.6 is 0 Å². The minimum Gasteiger partial charge on any atom is -0.493 e. The van der Waals surface area contributed by atoms with Gasteiger partial charge in [-0.1, -0.05) is 6.07 Å². The number of methoxy groups -OCH3 is 2. The van der Waals surface area contributed by atoms with Crippen LogP contribution in [0.2, 0.25) is 0 Å². The Kier molecular flexibility index (Phi) is 7.54. The van der Waals surface area contributed by atoms with Crippen LogP contribution in [0, 0.1) is 0 Å². The van der Waals surface area contributed by atoms with Crippen LogP contribution in [-0.2, 0) is 22.4 Å². The number of hydrogen-bond acceptors (Lipinski definition) is 6. The molecule has 0 aliphatic heterocycles. The van der Waals surface area contributed by atoms with E-state index in [4.69, 9.17) is 14.6 Å². The SMILES string of the molecule is COc1ccc(CCCc2cncc(NC(=O)CCC(=O)O)n2)cc1OC. The van der Waals surface area contributed by atoms with Gasteiger partial charge in [0.2, 0.25) is 5.91 Å². The molecule has 0 atom stereocenters. The van der Waals surface area contributed by atoms with E-state index in [-0.39, 0.29) is 12.8 Å². The normalized spacial score (nSPS) is 10.3. The number of amides is 1. The summed E-state index contributed by atoms with van der Waals surface area (Å²) in [5.74, 6) is 0.308. The Labute approximate surface area is 157 Å². The number of hydrogen-bond donors (Lipinski definition) is 2. The van der Waals surface area contributed by atoms with E-state index in [0.717, 1.165) is 24.1 Å². The standard InChI is InChI=1S/C19H23N3O5/c1-26-15-7-6-13(10-16(15)27-2)4-3-5-14-11-20-12-17(21-14)22-18(23)8-9-19(24)25/h6-7,10-12H,3-5,8-9H2,1-2H3,(H,24,25)(H,21,22,23). The molecule has 0 saturated heterocycles. The lowest BCUT2D eigenvalue weighted by atomic mass is 10.1. The smallest absolute Gasteiger partial charge is 0.303 e. The Balaban J connectivity index is 1.87. The number of aliphatic carboxylic acids is 1. The van der Waals surface area contributed by atoms with Gasteiger partial charge >= 0.3 is 5.97 Å². The molecule has 0 aliphatic rings. The van der Waals surface area contributed by atoms with E-state index in [1.807, 2.05) is 18.2 Å². The Morgan fingerprint density at radius 1 is 1.07 bits per heavy atom. The van der Waals surface area contributed by atoms with Crippen LogP contribution in [-0.4, -0.2) is 41.2 Å². The average molecular weight is 373 g/mol. The van der Waals surface area contributed by atoms with Crippen LogP contribution in [0.4, 0.5) is 5.82 Å². The second-order valence-corrected chi connectivity index (χ2v) is 5.88. The molecular formula is C19H23N3O5. The summed E-state index contributed by atoms with van der Waals surface area (Å²) in [7, 11) is 3.21. The maximum atomic E-state index is 11.7. The lowest BCUT2D eigenvalue weighted by Crippen LogP contribution is -2.14. The fourth-order valence-electron chi connectivity index (χ4n) is 2.52. The van der Waals surface area contributed by atoms with Crippen molar-refractivity contribution >= 4 is 17.7 Å². The fraction of sp³-hybridized carbons (Fsp3) is 0.368. The van der Waals surface area contributed by atoms with E-state index in [9.17, 15) is 9.59 Å². The molecule has 2 rings (SSSR count). The Morgan fingerprint density at radius 2 is 1.85 bits per heavy atom. The molecule has 0 spiro atoms. The highest BCUT2D eigenvalue weighted by Gasteiger charge is 2.08. The molecule has 0 radical (unpaired) electrons. The van der Waals surface area contributed by atoms with Crippen molar-refractivity contribution in [1.82, 2.24) is 9.97 Å². The van der Waals surface area contributed by atoms with E-state index in [1.54, 1.807) is 20.4 Å². The summed E-state index contributed by atoms with van der Waals surface area (Å²) in [6.07, 6.45) is 5.15. The van der Waals surface area contributed by atoms with E-state index < -0.39 is 11.9 Å². The molecule has 0 fully saturated rings. The minimum absolute atomic E-state index is 0.0967. The van der Waals surface area contributed by atoms with E-state index in [1.165, 1.54) is 6.20 Å². The van der Waals surface area contributed by atoms with Crippen molar-refractivity contribution in [3.05, 3.63) is 41.9 Å². The maximum Gasteiger partial charge on any atom is 0.303 e. The monoisotopic (exact) mass is 373 g/mol. The molecule has 0 bridgehead atoms. The average Bonchev–Trinajstić information content (AvgIpc) is 2.66. The van der Waals surface area contributed by atoms with Gasteiger partial charge in [0.1, 0.15) is 0 Å². The topological polar surface area (TPSA) is 111 Å². The molecule has 0 unspecified atom stereocenters. The van der Waals surface area contributed by atoms with Crippen molar-refractivity contribution in [1.29, 1.82) is 0 Å². The summed E-state index contributed by atoms with van der Waals surface area (Å²) < 4.78 is 10.5. The van der Waals surface area contributed by atoms with Crippen LogP contribution in [0.5, 0.6) is 11.5 Å². The first-order valence-corrected chi connectivity index (χ1v) is 8.55. The highest BCUT2D eigenvalue weighted by atomic mass is 16.5. The highest BCUT2D eigenvalue weighted by Crippen LogP contribution is 2.28. The molecule has 2 aromatic rings. The molecule has 1 aromatic heterocycles. The number of ether oxygens (including phenoxy) is 2. The largest absolute Gasteiger partial charge is 0.493 e. The summed E-state index contributed by atoms with van der Waals surface area (Å²) >= 11 is 0. The fourth-order valence-corrected chi connectivity index (χ4v) is 2.52. The first-order valence-electron chi connectivity index (χ1n) is 8.55. The quantitative estimate of drug-likeness (QED) is 0.658. The summed E-state index contributed by atoms with van der Waals surface area (Å²) in [4.78, 5) is 30.6. The number of aromatic nitrogens is 2. The molecule has 0 saturated carbocycles. The summed E-state index contributed by atoms with van der Waals surface area (Å²) in [6.45, 7) is 0. The zero-order valence-corrected chi connectivity index (χ0v) is 15.4. The van der Waals surface area contributed by atoms with E-state index in [2.05, 4.69) is 15.3 Å². The van der Waals surface area contributed by atoms with Gasteiger partial charge in [0, 0.05) is 12.6 Å². The van der Waals surface area contributed by atoms with E-state index >= 15 is 0 Å². The van der Waals surface area contributed by atoms with Crippen molar-refractivity contribution < 1.29 is 24.2 Å². The molecule has 1 amide bonds. The van der Waals surface area contributed by atoms with E-state index in [0.29, 0.717) is 23.7 Å². The number of nitrogens with zero attached hydrogens (tertiary/aromatic N) is 2. The third kappa shape index (κ3) is 6.58. The Hall–Kier alpha value is -3.16. The molecule has 144 valence electrons. The molecular weight excluding hydrogens is 350 g/mol. The minimum atomic E-state index is -1.01.